The van der Waals surface area contributed by atoms with E-state index in [2.05, 4.69) is 0 Å². The van der Waals surface area contributed by atoms with Gasteiger partial charge in [-0.3, -0.25) is 4.79 Å². The summed E-state index contributed by atoms with van der Waals surface area (Å²) < 4.78 is 18.1. The molecular weight excluding hydrogens is 215 g/mol. The molecule has 0 saturated carbocycles. The van der Waals surface area contributed by atoms with Gasteiger partial charge in [0, 0.05) is 11.1 Å². The van der Waals surface area contributed by atoms with Crippen LogP contribution in [0.2, 0.25) is 0 Å². The Morgan fingerprint density at radius 1 is 1.53 bits per heavy atom. The molecule has 0 N–H and O–H groups in total. The summed E-state index contributed by atoms with van der Waals surface area (Å²) in [5.41, 5.74) is 1.07. The molecule has 82 valence electrons. The Kier molecular flexibility index (Phi) is 4.15. The van der Waals surface area contributed by atoms with Gasteiger partial charge in [-0.1, -0.05) is 18.7 Å². The lowest BCUT2D eigenvalue weighted by Crippen LogP contribution is -2.01. The van der Waals surface area contributed by atoms with E-state index in [1.54, 1.807) is 6.92 Å². The third-order valence-electron chi connectivity index (χ3n) is 2.06. The number of hydrogen-bond donors (Lipinski definition) is 0. The van der Waals surface area contributed by atoms with E-state index in [0.29, 0.717) is 16.9 Å². The van der Waals surface area contributed by atoms with Crippen molar-refractivity contribution in [1.82, 2.24) is 0 Å². The zero-order valence-electron chi connectivity index (χ0n) is 8.96. The highest BCUT2D eigenvalue weighted by Crippen LogP contribution is 2.27. The predicted molar refractivity (Wildman–Crippen MR) is 60.2 cm³/mol. The zero-order chi connectivity index (χ0) is 11.4. The molecule has 1 aromatic rings. The van der Waals surface area contributed by atoms with Crippen molar-refractivity contribution in [3.63, 3.8) is 0 Å². The van der Waals surface area contributed by atoms with Crippen LogP contribution in [-0.4, -0.2) is 18.0 Å². The van der Waals surface area contributed by atoms with Crippen LogP contribution >= 0.6 is 11.8 Å². The molecule has 0 atom stereocenters. The minimum atomic E-state index is -0.437. The van der Waals surface area contributed by atoms with Crippen LogP contribution in [0.4, 0.5) is 4.39 Å². The first-order valence-electron chi connectivity index (χ1n) is 4.62. The summed E-state index contributed by atoms with van der Waals surface area (Å²) in [6.45, 7) is 3.59. The maximum Gasteiger partial charge on any atom is 0.219 e. The number of methoxy groups -OCH3 is 1. The van der Waals surface area contributed by atoms with Crippen molar-refractivity contribution >= 4 is 16.9 Å². The monoisotopic (exact) mass is 228 g/mol. The van der Waals surface area contributed by atoms with E-state index in [1.807, 2.05) is 6.92 Å². The third kappa shape index (κ3) is 2.50. The number of carbonyl (C=O) groups excluding carboxylic acids is 1. The lowest BCUT2D eigenvalue weighted by Gasteiger charge is -2.09. The molecule has 0 heterocycles. The average molecular weight is 228 g/mol. The topological polar surface area (TPSA) is 26.3 Å². The van der Waals surface area contributed by atoms with Gasteiger partial charge in [0.05, 0.1) is 7.11 Å². The van der Waals surface area contributed by atoms with E-state index in [-0.39, 0.29) is 10.9 Å². The summed E-state index contributed by atoms with van der Waals surface area (Å²) in [6.07, 6.45) is 0. The van der Waals surface area contributed by atoms with Crippen molar-refractivity contribution in [2.45, 2.75) is 13.8 Å². The second kappa shape index (κ2) is 5.16. The quantitative estimate of drug-likeness (QED) is 0.795. The second-order valence-electron chi connectivity index (χ2n) is 2.97. The van der Waals surface area contributed by atoms with Crippen LogP contribution < -0.4 is 4.74 Å². The van der Waals surface area contributed by atoms with Crippen LogP contribution in [0.1, 0.15) is 22.8 Å². The van der Waals surface area contributed by atoms with Crippen LogP contribution in [0, 0.1) is 12.7 Å². The maximum absolute atomic E-state index is 13.2. The minimum Gasteiger partial charge on any atom is -0.493 e. The Morgan fingerprint density at radius 3 is 2.73 bits per heavy atom. The molecule has 0 saturated heterocycles. The molecule has 0 aromatic heterocycles. The van der Waals surface area contributed by atoms with Crippen LogP contribution in [-0.2, 0) is 0 Å². The van der Waals surface area contributed by atoms with Crippen LogP contribution in [0.3, 0.4) is 0 Å². The highest BCUT2D eigenvalue weighted by molar-refractivity contribution is 8.14. The Hall–Kier alpha value is -1.03. The van der Waals surface area contributed by atoms with Crippen molar-refractivity contribution in [3.05, 3.63) is 29.1 Å². The molecule has 0 radical (unpaired) electrons. The van der Waals surface area contributed by atoms with Gasteiger partial charge in [0.25, 0.3) is 0 Å². The number of rotatable bonds is 3. The first-order chi connectivity index (χ1) is 7.11. The van der Waals surface area contributed by atoms with Gasteiger partial charge in [0.2, 0.25) is 5.12 Å². The van der Waals surface area contributed by atoms with Crippen molar-refractivity contribution in [2.24, 2.45) is 0 Å². The van der Waals surface area contributed by atoms with Gasteiger partial charge in [-0.25, -0.2) is 4.39 Å². The van der Waals surface area contributed by atoms with E-state index in [0.717, 1.165) is 0 Å². The smallest absolute Gasteiger partial charge is 0.219 e. The normalized spacial score (nSPS) is 10.1. The molecule has 0 aliphatic carbocycles. The molecular formula is C11H13FO2S. The van der Waals surface area contributed by atoms with Crippen molar-refractivity contribution in [2.75, 3.05) is 12.9 Å². The zero-order valence-corrected chi connectivity index (χ0v) is 9.78. The van der Waals surface area contributed by atoms with Gasteiger partial charge >= 0.3 is 0 Å². The fraction of sp³-hybridized carbons (Fsp3) is 0.364. The van der Waals surface area contributed by atoms with Gasteiger partial charge < -0.3 is 4.74 Å². The number of benzene rings is 1. The van der Waals surface area contributed by atoms with Crippen LogP contribution in [0.5, 0.6) is 5.75 Å². The fourth-order valence-corrected chi connectivity index (χ4v) is 1.98. The molecule has 1 rings (SSSR count). The Bertz CT molecular complexity index is 377. The summed E-state index contributed by atoms with van der Waals surface area (Å²) in [7, 11) is 1.40. The average Bonchev–Trinajstić information content (AvgIpc) is 2.18. The van der Waals surface area contributed by atoms with E-state index in [1.165, 1.54) is 31.0 Å². The van der Waals surface area contributed by atoms with E-state index in [4.69, 9.17) is 4.74 Å². The molecule has 1 aromatic carbocycles. The summed E-state index contributed by atoms with van der Waals surface area (Å²) in [5.74, 6) is 0.420. The van der Waals surface area contributed by atoms with Crippen molar-refractivity contribution in [1.29, 1.82) is 0 Å². The molecule has 0 unspecified atom stereocenters. The summed E-state index contributed by atoms with van der Waals surface area (Å²) in [5, 5.41) is -0.0479. The first kappa shape index (κ1) is 12.0. The van der Waals surface area contributed by atoms with Gasteiger partial charge in [-0.05, 0) is 24.8 Å². The van der Waals surface area contributed by atoms with Gasteiger partial charge in [-0.15, -0.1) is 0 Å². The Morgan fingerprint density at radius 2 is 2.20 bits per heavy atom. The molecule has 2 nitrogen and oxygen atoms in total. The molecule has 0 aliphatic heterocycles. The molecule has 0 aliphatic rings. The first-order valence-corrected chi connectivity index (χ1v) is 5.60. The predicted octanol–water partition coefficient (Wildman–Crippen LogP) is 3.04. The highest BCUT2D eigenvalue weighted by atomic mass is 32.2. The lowest BCUT2D eigenvalue weighted by atomic mass is 10.1. The third-order valence-corrected chi connectivity index (χ3v) is 2.83. The minimum absolute atomic E-state index is 0.0479. The van der Waals surface area contributed by atoms with Crippen molar-refractivity contribution < 1.29 is 13.9 Å². The van der Waals surface area contributed by atoms with Crippen LogP contribution in [0.15, 0.2) is 12.1 Å². The lowest BCUT2D eigenvalue weighted by molar-refractivity contribution is 0.108. The summed E-state index contributed by atoms with van der Waals surface area (Å²) >= 11 is 1.21. The van der Waals surface area contributed by atoms with E-state index >= 15 is 0 Å². The SMILES string of the molecule is CCSC(=O)c1ccc(F)c(OC)c1C. The molecule has 0 amide bonds. The largest absolute Gasteiger partial charge is 0.493 e. The van der Waals surface area contributed by atoms with E-state index < -0.39 is 5.82 Å². The van der Waals surface area contributed by atoms with Gasteiger partial charge in [-0.2, -0.15) is 0 Å². The molecule has 0 fully saturated rings. The second-order valence-corrected chi connectivity index (χ2v) is 4.21. The number of carbonyl (C=O) groups is 1. The van der Waals surface area contributed by atoms with Gasteiger partial charge in [0.1, 0.15) is 0 Å². The Balaban J connectivity index is 3.15. The number of halogens is 1. The molecule has 0 bridgehead atoms. The standard InChI is InChI=1S/C11H13FO2S/c1-4-15-11(13)8-5-6-9(12)10(14-3)7(8)2/h5-6H,4H2,1-3H3. The van der Waals surface area contributed by atoms with E-state index in [9.17, 15) is 9.18 Å². The van der Waals surface area contributed by atoms with Gasteiger partial charge in [0.15, 0.2) is 11.6 Å². The molecule has 15 heavy (non-hydrogen) atoms. The molecule has 0 spiro atoms. The number of ether oxygens (including phenoxy) is 1. The summed E-state index contributed by atoms with van der Waals surface area (Å²) in [4.78, 5) is 11.6. The number of thioether (sulfide) groups is 1. The summed E-state index contributed by atoms with van der Waals surface area (Å²) in [6, 6.07) is 2.76. The number of hydrogen-bond acceptors (Lipinski definition) is 3. The maximum atomic E-state index is 13.2. The molecule has 4 heteroatoms. The van der Waals surface area contributed by atoms with Crippen LogP contribution in [0.25, 0.3) is 0 Å². The van der Waals surface area contributed by atoms with Crippen molar-refractivity contribution in [3.8, 4) is 5.75 Å². The Labute approximate surface area is 92.8 Å². The highest BCUT2D eigenvalue weighted by Gasteiger charge is 2.15. The fourth-order valence-electron chi connectivity index (χ4n) is 1.34.